The van der Waals surface area contributed by atoms with Gasteiger partial charge in [-0.15, -0.1) is 0 Å². The fraction of sp³-hybridized carbons (Fsp3) is 0.400. The average Bonchev–Trinajstić information content (AvgIpc) is 2.77. The van der Waals surface area contributed by atoms with Crippen molar-refractivity contribution in [2.24, 2.45) is 0 Å². The summed E-state index contributed by atoms with van der Waals surface area (Å²) < 4.78 is 1.90. The second kappa shape index (κ2) is 6.27. The molecule has 0 aromatic carbocycles. The third-order valence-electron chi connectivity index (χ3n) is 3.05. The highest BCUT2D eigenvalue weighted by molar-refractivity contribution is 5.80. The molecule has 0 aliphatic heterocycles. The molecule has 2 heterocycles. The largest absolute Gasteiger partial charge is 0.299 e. The summed E-state index contributed by atoms with van der Waals surface area (Å²) in [6.45, 7) is 4.79. The van der Waals surface area contributed by atoms with Crippen LogP contribution in [-0.2, 0) is 24.2 Å². The average molecular weight is 257 g/mol. The van der Waals surface area contributed by atoms with Crippen LogP contribution in [0.25, 0.3) is 0 Å². The summed E-state index contributed by atoms with van der Waals surface area (Å²) in [5, 5.41) is 4.35. The van der Waals surface area contributed by atoms with Gasteiger partial charge in [0.15, 0.2) is 0 Å². The molecule has 0 saturated heterocycles. The number of hydrogen-bond acceptors (Lipinski definition) is 3. The molecule has 0 aliphatic carbocycles. The van der Waals surface area contributed by atoms with E-state index in [1.165, 1.54) is 0 Å². The number of pyridine rings is 1. The van der Waals surface area contributed by atoms with Crippen LogP contribution in [0.15, 0.2) is 30.5 Å². The van der Waals surface area contributed by atoms with Gasteiger partial charge in [-0.1, -0.05) is 6.07 Å². The lowest BCUT2D eigenvalue weighted by Crippen LogP contribution is -2.10. The topological polar surface area (TPSA) is 47.8 Å². The number of aryl methyl sites for hydroxylation is 3. The van der Waals surface area contributed by atoms with Crippen molar-refractivity contribution < 1.29 is 4.79 Å². The van der Waals surface area contributed by atoms with E-state index in [0.29, 0.717) is 19.3 Å². The molecule has 0 radical (unpaired) electrons. The minimum Gasteiger partial charge on any atom is -0.299 e. The molecule has 2 rings (SSSR count). The number of aromatic nitrogens is 3. The quantitative estimate of drug-likeness (QED) is 0.798. The zero-order valence-corrected chi connectivity index (χ0v) is 11.5. The van der Waals surface area contributed by atoms with Crippen molar-refractivity contribution in [2.75, 3.05) is 0 Å². The lowest BCUT2D eigenvalue weighted by molar-refractivity contribution is -0.118. The summed E-state index contributed by atoms with van der Waals surface area (Å²) >= 11 is 0. The summed E-state index contributed by atoms with van der Waals surface area (Å²) in [6, 6.07) is 7.77. The van der Waals surface area contributed by atoms with Gasteiger partial charge in [0.05, 0.1) is 5.69 Å². The molecule has 0 N–H and O–H groups in total. The van der Waals surface area contributed by atoms with Crippen LogP contribution in [0, 0.1) is 6.92 Å². The van der Waals surface area contributed by atoms with Gasteiger partial charge < -0.3 is 0 Å². The monoisotopic (exact) mass is 257 g/mol. The Balaban J connectivity index is 1.91. The van der Waals surface area contributed by atoms with Gasteiger partial charge in [0, 0.05) is 37.0 Å². The van der Waals surface area contributed by atoms with Crippen molar-refractivity contribution in [3.63, 3.8) is 0 Å². The molecule has 2 aromatic rings. The van der Waals surface area contributed by atoms with E-state index < -0.39 is 0 Å². The number of rotatable bonds is 6. The molecule has 0 fully saturated rings. The number of carbonyl (C=O) groups is 1. The van der Waals surface area contributed by atoms with E-state index in [9.17, 15) is 4.79 Å². The molecule has 4 nitrogen and oxygen atoms in total. The van der Waals surface area contributed by atoms with Crippen LogP contribution in [0.1, 0.15) is 30.4 Å². The molecule has 0 bridgehead atoms. The molecule has 19 heavy (non-hydrogen) atoms. The number of ketones is 1. The third-order valence-corrected chi connectivity index (χ3v) is 3.05. The first-order valence-corrected chi connectivity index (χ1v) is 6.64. The maximum Gasteiger partial charge on any atom is 0.139 e. The van der Waals surface area contributed by atoms with Crippen LogP contribution in [0.5, 0.6) is 0 Å². The number of nitrogens with zero attached hydrogens (tertiary/aromatic N) is 3. The molecule has 0 saturated carbocycles. The Hall–Kier alpha value is -1.97. The zero-order chi connectivity index (χ0) is 13.7. The molecule has 2 aromatic heterocycles. The summed E-state index contributed by atoms with van der Waals surface area (Å²) in [5.41, 5.74) is 2.94. The molecule has 100 valence electrons. The Morgan fingerprint density at radius 3 is 2.89 bits per heavy atom. The molecule has 0 unspecified atom stereocenters. The lowest BCUT2D eigenvalue weighted by atomic mass is 10.1. The van der Waals surface area contributed by atoms with E-state index in [1.54, 1.807) is 6.20 Å². The van der Waals surface area contributed by atoms with Crippen LogP contribution >= 0.6 is 0 Å². The van der Waals surface area contributed by atoms with Gasteiger partial charge in [0.25, 0.3) is 0 Å². The maximum atomic E-state index is 12.0. The highest BCUT2D eigenvalue weighted by Gasteiger charge is 2.10. The molecule has 0 spiro atoms. The SMILES string of the molecule is CCn1nc(C)cc1CC(=O)CCc1ccccn1. The zero-order valence-electron chi connectivity index (χ0n) is 11.5. The molecular formula is C15H19N3O. The van der Waals surface area contributed by atoms with Crippen LogP contribution in [0.3, 0.4) is 0 Å². The molecule has 0 aliphatic rings. The fourth-order valence-corrected chi connectivity index (χ4v) is 2.12. The summed E-state index contributed by atoms with van der Waals surface area (Å²) in [5.74, 6) is 0.236. The highest BCUT2D eigenvalue weighted by Crippen LogP contribution is 2.08. The molecular weight excluding hydrogens is 238 g/mol. The predicted molar refractivity (Wildman–Crippen MR) is 73.9 cm³/mol. The van der Waals surface area contributed by atoms with Crippen molar-refractivity contribution in [2.45, 2.75) is 39.7 Å². The highest BCUT2D eigenvalue weighted by atomic mass is 16.1. The minimum atomic E-state index is 0.236. The first-order chi connectivity index (χ1) is 9.19. The van der Waals surface area contributed by atoms with E-state index in [-0.39, 0.29) is 5.78 Å². The van der Waals surface area contributed by atoms with Gasteiger partial charge in [-0.25, -0.2) is 0 Å². The number of Topliss-reactive ketones (excluding diaryl/α,β-unsaturated/α-hetero) is 1. The number of carbonyl (C=O) groups excluding carboxylic acids is 1. The van der Waals surface area contributed by atoms with E-state index in [1.807, 2.05) is 42.8 Å². The van der Waals surface area contributed by atoms with E-state index in [0.717, 1.165) is 23.6 Å². The Bertz CT molecular complexity index is 546. The van der Waals surface area contributed by atoms with Crippen molar-refractivity contribution in [1.29, 1.82) is 0 Å². The van der Waals surface area contributed by atoms with Crippen molar-refractivity contribution in [1.82, 2.24) is 14.8 Å². The van der Waals surface area contributed by atoms with Gasteiger partial charge in [0.2, 0.25) is 0 Å². The Kier molecular flexibility index (Phi) is 4.44. The van der Waals surface area contributed by atoms with Crippen LogP contribution in [0.4, 0.5) is 0 Å². The summed E-state index contributed by atoms with van der Waals surface area (Å²) in [4.78, 5) is 16.2. The van der Waals surface area contributed by atoms with Crippen molar-refractivity contribution >= 4 is 5.78 Å². The minimum absolute atomic E-state index is 0.236. The Morgan fingerprint density at radius 1 is 1.37 bits per heavy atom. The molecule has 0 atom stereocenters. The first kappa shape index (κ1) is 13.5. The Morgan fingerprint density at radius 2 is 2.21 bits per heavy atom. The fourth-order valence-electron chi connectivity index (χ4n) is 2.12. The van der Waals surface area contributed by atoms with Gasteiger partial charge >= 0.3 is 0 Å². The molecule has 0 amide bonds. The third kappa shape index (κ3) is 3.74. The maximum absolute atomic E-state index is 12.0. The van der Waals surface area contributed by atoms with Gasteiger partial charge in [-0.3, -0.25) is 14.5 Å². The lowest BCUT2D eigenvalue weighted by Gasteiger charge is -2.04. The van der Waals surface area contributed by atoms with Crippen LogP contribution in [-0.4, -0.2) is 20.5 Å². The van der Waals surface area contributed by atoms with E-state index in [4.69, 9.17) is 0 Å². The summed E-state index contributed by atoms with van der Waals surface area (Å²) in [7, 11) is 0. The number of hydrogen-bond donors (Lipinski definition) is 0. The second-order valence-electron chi connectivity index (χ2n) is 4.63. The van der Waals surface area contributed by atoms with Gasteiger partial charge in [-0.2, -0.15) is 5.10 Å². The van der Waals surface area contributed by atoms with Crippen LogP contribution < -0.4 is 0 Å². The van der Waals surface area contributed by atoms with Crippen LogP contribution in [0.2, 0.25) is 0 Å². The smallest absolute Gasteiger partial charge is 0.139 e. The Labute approximate surface area is 113 Å². The van der Waals surface area contributed by atoms with E-state index in [2.05, 4.69) is 10.1 Å². The molecule has 4 heteroatoms. The normalized spacial score (nSPS) is 10.6. The summed E-state index contributed by atoms with van der Waals surface area (Å²) in [6.07, 6.45) is 3.46. The predicted octanol–water partition coefficient (Wildman–Crippen LogP) is 2.35. The standard InChI is InChI=1S/C15H19N3O/c1-3-18-14(10-12(2)17-18)11-15(19)8-7-13-6-4-5-9-16-13/h4-6,9-10H,3,7-8,11H2,1-2H3. The van der Waals surface area contributed by atoms with Crippen molar-refractivity contribution in [3.8, 4) is 0 Å². The van der Waals surface area contributed by atoms with Crippen molar-refractivity contribution in [3.05, 3.63) is 47.5 Å². The van der Waals surface area contributed by atoms with E-state index >= 15 is 0 Å². The second-order valence-corrected chi connectivity index (χ2v) is 4.63. The van der Waals surface area contributed by atoms with Gasteiger partial charge in [0.1, 0.15) is 5.78 Å². The van der Waals surface area contributed by atoms with Gasteiger partial charge in [-0.05, 0) is 38.5 Å². The first-order valence-electron chi connectivity index (χ1n) is 6.64.